The van der Waals surface area contributed by atoms with E-state index in [2.05, 4.69) is 80.5 Å². The fourth-order valence-corrected chi connectivity index (χ4v) is 13.0. The summed E-state index contributed by atoms with van der Waals surface area (Å²) in [5.41, 5.74) is 7.97. The molecular formula is C46H61N8O7PSSi. The molecule has 342 valence electrons. The number of fused-ring (bicyclic) bond motifs is 1. The maximum absolute atomic E-state index is 12.1. The first-order valence-electron chi connectivity index (χ1n) is 21.5. The van der Waals surface area contributed by atoms with Gasteiger partial charge in [0.2, 0.25) is 0 Å². The second-order valence-electron chi connectivity index (χ2n) is 17.2. The van der Waals surface area contributed by atoms with Crippen molar-refractivity contribution in [1.29, 1.82) is 5.26 Å². The highest BCUT2D eigenvalue weighted by Gasteiger charge is 2.46. The number of primary amides is 1. The highest BCUT2D eigenvalue weighted by Crippen LogP contribution is 2.51. The SMILES string of the molecule is COc1ccc(C(OC[C@H]2O[C@@H](n3c(SCC[Si](C)(C)C)nc4c(NC(N)=O)ncnc43)C[C@@H]2OP(OCCC#N)N(C(C)C)C(C)C)(c2ccccc2)c2ccc(OC)cc2)cc1. The summed E-state index contributed by atoms with van der Waals surface area (Å²) in [5, 5.41) is 12.8. The number of hydrogen-bond acceptors (Lipinski definition) is 13. The number of amides is 2. The van der Waals surface area contributed by atoms with E-state index in [0.717, 1.165) is 28.5 Å². The molecule has 3 N–H and O–H groups in total. The van der Waals surface area contributed by atoms with Gasteiger partial charge in [0.25, 0.3) is 8.53 Å². The molecule has 3 aromatic carbocycles. The van der Waals surface area contributed by atoms with Crippen LogP contribution in [0.3, 0.4) is 0 Å². The fourth-order valence-electron chi connectivity index (χ4n) is 7.72. The third-order valence-electron chi connectivity index (χ3n) is 10.8. The summed E-state index contributed by atoms with van der Waals surface area (Å²) in [6, 6.07) is 28.5. The minimum atomic E-state index is -1.68. The molecule has 0 radical (unpaired) electrons. The molecule has 2 aromatic heterocycles. The van der Waals surface area contributed by atoms with Gasteiger partial charge in [-0.3, -0.25) is 9.88 Å². The number of nitriles is 1. The number of nitrogens with two attached hydrogens (primary N) is 1. The highest BCUT2D eigenvalue weighted by molar-refractivity contribution is 7.99. The summed E-state index contributed by atoms with van der Waals surface area (Å²) in [5.74, 6) is 2.46. The van der Waals surface area contributed by atoms with E-state index in [0.29, 0.717) is 34.2 Å². The van der Waals surface area contributed by atoms with Crippen LogP contribution in [0, 0.1) is 11.3 Å². The van der Waals surface area contributed by atoms with Crippen LogP contribution in [0.25, 0.3) is 11.2 Å². The Morgan fingerprint density at radius 1 is 0.984 bits per heavy atom. The van der Waals surface area contributed by atoms with Crippen molar-refractivity contribution in [3.05, 3.63) is 102 Å². The standard InChI is InChI=1S/C46H61N8O7PSSi/c1-31(2)54(32(3)4)62(59-25-13-24-47)61-38-28-40(53-43-41(42(49-30-50-43)52-44(48)55)51-45(53)63-26-27-64(7,8)9)60-39(38)29-58-46(33-14-11-10-12-15-33,34-16-20-36(56-5)21-17-34)35-18-22-37(57-6)23-19-35/h10-12,14-23,30-32,38-40H,13,25-29H2,1-9H3,(H3,48,49,50,52,55)/t38-,39+,40+,62?/m0/s1. The second-order valence-corrected chi connectivity index (χ2v) is 25.3. The van der Waals surface area contributed by atoms with Crippen LogP contribution in [-0.2, 0) is 24.1 Å². The highest BCUT2D eigenvalue weighted by atomic mass is 32.2. The van der Waals surface area contributed by atoms with Crippen LogP contribution in [0.5, 0.6) is 11.5 Å². The monoisotopic (exact) mass is 928 g/mol. The van der Waals surface area contributed by atoms with Gasteiger partial charge in [0.1, 0.15) is 35.8 Å². The number of rotatable bonds is 22. The van der Waals surface area contributed by atoms with Crippen molar-refractivity contribution < 1.29 is 32.8 Å². The van der Waals surface area contributed by atoms with Gasteiger partial charge >= 0.3 is 6.03 Å². The number of anilines is 1. The Morgan fingerprint density at radius 2 is 1.59 bits per heavy atom. The van der Waals surface area contributed by atoms with E-state index >= 15 is 0 Å². The molecule has 2 amide bonds. The number of urea groups is 1. The average molecular weight is 929 g/mol. The largest absolute Gasteiger partial charge is 0.497 e. The maximum Gasteiger partial charge on any atom is 0.317 e. The average Bonchev–Trinajstić information content (AvgIpc) is 3.84. The first-order chi connectivity index (χ1) is 30.7. The lowest BCUT2D eigenvalue weighted by molar-refractivity contribution is -0.0925. The van der Waals surface area contributed by atoms with Crippen LogP contribution >= 0.6 is 20.3 Å². The summed E-state index contributed by atoms with van der Waals surface area (Å²) in [7, 11) is 0.190. The number of imidazole rings is 1. The van der Waals surface area contributed by atoms with Crippen molar-refractivity contribution in [3.8, 4) is 17.6 Å². The number of thioether (sulfide) groups is 1. The van der Waals surface area contributed by atoms with Gasteiger partial charge < -0.3 is 33.7 Å². The second kappa shape index (κ2) is 22.0. The third kappa shape index (κ3) is 11.6. The van der Waals surface area contributed by atoms with Gasteiger partial charge in [0.15, 0.2) is 22.1 Å². The maximum atomic E-state index is 12.1. The molecule has 64 heavy (non-hydrogen) atoms. The summed E-state index contributed by atoms with van der Waals surface area (Å²) in [6.45, 7) is 15.7. The minimum absolute atomic E-state index is 0.0664. The van der Waals surface area contributed by atoms with Crippen molar-refractivity contribution in [3.63, 3.8) is 0 Å². The van der Waals surface area contributed by atoms with E-state index in [9.17, 15) is 10.1 Å². The van der Waals surface area contributed by atoms with E-state index in [-0.39, 0.29) is 37.5 Å². The molecule has 0 spiro atoms. The molecule has 15 nitrogen and oxygen atoms in total. The molecule has 5 aromatic rings. The number of nitrogens with one attached hydrogen (secondary N) is 1. The zero-order chi connectivity index (χ0) is 46.0. The van der Waals surface area contributed by atoms with E-state index in [1.807, 2.05) is 71.3 Å². The smallest absolute Gasteiger partial charge is 0.317 e. The van der Waals surface area contributed by atoms with Gasteiger partial charge in [-0.15, -0.1) is 0 Å². The molecule has 0 aliphatic carbocycles. The fraction of sp³-hybridized carbons (Fsp3) is 0.457. The molecule has 18 heteroatoms. The molecule has 3 heterocycles. The van der Waals surface area contributed by atoms with E-state index < -0.39 is 46.7 Å². The van der Waals surface area contributed by atoms with Crippen molar-refractivity contribution in [2.45, 2.75) is 107 Å². The Morgan fingerprint density at radius 3 is 2.14 bits per heavy atom. The molecule has 4 atom stereocenters. The number of ether oxygens (including phenoxy) is 4. The van der Waals surface area contributed by atoms with Crippen LogP contribution in [0.2, 0.25) is 25.7 Å². The number of methoxy groups -OCH3 is 2. The Labute approximate surface area is 383 Å². The predicted molar refractivity (Wildman–Crippen MR) is 254 cm³/mol. The van der Waals surface area contributed by atoms with E-state index in [1.54, 1.807) is 26.0 Å². The van der Waals surface area contributed by atoms with Crippen molar-refractivity contribution in [2.75, 3.05) is 38.5 Å². The lowest BCUT2D eigenvalue weighted by atomic mass is 9.80. The van der Waals surface area contributed by atoms with E-state index in [1.165, 1.54) is 6.33 Å². The number of benzene rings is 3. The zero-order valence-corrected chi connectivity index (χ0v) is 40.9. The summed E-state index contributed by atoms with van der Waals surface area (Å²) >= 11 is 1.61. The lowest BCUT2D eigenvalue weighted by Gasteiger charge is -2.39. The Kier molecular flexibility index (Phi) is 16.8. The van der Waals surface area contributed by atoms with Crippen molar-refractivity contribution in [2.24, 2.45) is 5.73 Å². The molecule has 0 saturated carbocycles. The normalized spacial score (nSPS) is 17.3. The third-order valence-corrected chi connectivity index (χ3v) is 16.0. The molecule has 1 fully saturated rings. The molecule has 1 unspecified atom stereocenters. The number of nitrogens with zero attached hydrogens (tertiary/aromatic N) is 6. The molecule has 0 bridgehead atoms. The summed E-state index contributed by atoms with van der Waals surface area (Å²) < 4.78 is 43.6. The summed E-state index contributed by atoms with van der Waals surface area (Å²) in [6.07, 6.45) is 0.113. The van der Waals surface area contributed by atoms with Crippen LogP contribution in [-0.4, -0.2) is 95.8 Å². The van der Waals surface area contributed by atoms with Crippen LogP contribution in [0.4, 0.5) is 10.6 Å². The zero-order valence-electron chi connectivity index (χ0n) is 38.2. The quantitative estimate of drug-likeness (QED) is 0.0220. The molecule has 1 aliphatic rings. The van der Waals surface area contributed by atoms with E-state index in [4.69, 9.17) is 43.7 Å². The molecule has 1 saturated heterocycles. The molecule has 6 rings (SSSR count). The number of carbonyl (C=O) groups excluding carboxylic acids is 1. The van der Waals surface area contributed by atoms with Crippen LogP contribution in [0.15, 0.2) is 90.3 Å². The van der Waals surface area contributed by atoms with Crippen molar-refractivity contribution in [1.82, 2.24) is 24.2 Å². The number of aromatic nitrogens is 4. The van der Waals surface area contributed by atoms with Gasteiger partial charge in [-0.25, -0.2) is 24.4 Å². The van der Waals surface area contributed by atoms with Crippen LogP contribution < -0.4 is 20.5 Å². The van der Waals surface area contributed by atoms with Gasteiger partial charge in [-0.2, -0.15) is 5.26 Å². The Balaban J connectivity index is 1.49. The first kappa shape index (κ1) is 48.8. The van der Waals surface area contributed by atoms with Gasteiger partial charge in [-0.05, 0) is 80.4 Å². The number of hydrogen-bond donors (Lipinski definition) is 2. The Bertz CT molecular complexity index is 2270. The van der Waals surface area contributed by atoms with Gasteiger partial charge in [0, 0.05) is 26.6 Å². The predicted octanol–water partition coefficient (Wildman–Crippen LogP) is 9.72. The van der Waals surface area contributed by atoms with Gasteiger partial charge in [0.05, 0.1) is 46.0 Å². The first-order valence-corrected chi connectivity index (χ1v) is 27.3. The molecular weight excluding hydrogens is 868 g/mol. The minimum Gasteiger partial charge on any atom is -0.497 e. The van der Waals surface area contributed by atoms with Gasteiger partial charge in [-0.1, -0.05) is 86.0 Å². The lowest BCUT2D eigenvalue weighted by Crippen LogP contribution is -2.39. The summed E-state index contributed by atoms with van der Waals surface area (Å²) in [4.78, 5) is 26.2. The van der Waals surface area contributed by atoms with Crippen LogP contribution in [0.1, 0.15) is 63.5 Å². The number of carbonyl (C=O) groups is 1. The Hall–Kier alpha value is -4.63. The van der Waals surface area contributed by atoms with Crippen molar-refractivity contribution >= 4 is 51.4 Å². The topological polar surface area (TPSA) is 181 Å². The molecule has 1 aliphatic heterocycles.